The second-order valence-corrected chi connectivity index (χ2v) is 8.11. The molecule has 1 fully saturated rings. The van der Waals surface area contributed by atoms with E-state index >= 15 is 0 Å². The number of hydrogen-bond acceptors (Lipinski definition) is 4. The van der Waals surface area contributed by atoms with E-state index in [-0.39, 0.29) is 5.91 Å². The number of H-pyrrole nitrogens is 1. The van der Waals surface area contributed by atoms with E-state index in [4.69, 9.17) is 11.6 Å². The van der Waals surface area contributed by atoms with Crippen molar-refractivity contribution in [3.8, 4) is 0 Å². The fourth-order valence-corrected chi connectivity index (χ4v) is 3.86. The molecule has 0 spiro atoms. The lowest BCUT2D eigenvalue weighted by Gasteiger charge is -2.49. The number of halogens is 1. The molecule has 0 aliphatic carbocycles. The molecule has 4 rings (SSSR count). The summed E-state index contributed by atoms with van der Waals surface area (Å²) in [5, 5.41) is 3.80. The van der Waals surface area contributed by atoms with Gasteiger partial charge in [0.1, 0.15) is 11.6 Å². The third-order valence-corrected chi connectivity index (χ3v) is 5.60. The summed E-state index contributed by atoms with van der Waals surface area (Å²) in [4.78, 5) is 27.1. The molecule has 3 heterocycles. The number of rotatable bonds is 7. The zero-order valence-electron chi connectivity index (χ0n) is 16.4. The molecular formula is C22H24ClN5O. The summed E-state index contributed by atoms with van der Waals surface area (Å²) in [5.41, 5.74) is 1.74. The van der Waals surface area contributed by atoms with E-state index < -0.39 is 5.41 Å². The van der Waals surface area contributed by atoms with Gasteiger partial charge in [-0.3, -0.25) is 4.79 Å². The topological polar surface area (TPSA) is 73.9 Å². The number of aryl methyl sites for hydroxylation is 1. The van der Waals surface area contributed by atoms with Crippen molar-refractivity contribution < 1.29 is 4.79 Å². The fraction of sp³-hybridized carbons (Fsp3) is 0.318. The average molecular weight is 410 g/mol. The second-order valence-electron chi connectivity index (χ2n) is 7.68. The van der Waals surface area contributed by atoms with Gasteiger partial charge >= 0.3 is 0 Å². The molecule has 150 valence electrons. The maximum absolute atomic E-state index is 13.2. The second kappa shape index (κ2) is 8.25. The van der Waals surface area contributed by atoms with Crippen LogP contribution < -0.4 is 10.2 Å². The van der Waals surface area contributed by atoms with Crippen molar-refractivity contribution in [1.29, 1.82) is 0 Å². The van der Waals surface area contributed by atoms with Gasteiger partial charge in [0.25, 0.3) is 0 Å². The van der Waals surface area contributed by atoms with Crippen LogP contribution in [0.1, 0.15) is 17.0 Å². The summed E-state index contributed by atoms with van der Waals surface area (Å²) in [6, 6.07) is 11.8. The van der Waals surface area contributed by atoms with E-state index in [1.807, 2.05) is 49.5 Å². The first kappa shape index (κ1) is 19.5. The molecule has 1 aromatic carbocycles. The Labute approximate surface area is 175 Å². The van der Waals surface area contributed by atoms with Gasteiger partial charge in [0.2, 0.25) is 5.91 Å². The smallest absolute Gasteiger partial charge is 0.230 e. The molecule has 1 amide bonds. The van der Waals surface area contributed by atoms with Gasteiger partial charge < -0.3 is 15.2 Å². The van der Waals surface area contributed by atoms with E-state index in [2.05, 4.69) is 25.2 Å². The Balaban J connectivity index is 1.45. The molecule has 1 aliphatic heterocycles. The number of aromatic amines is 1. The van der Waals surface area contributed by atoms with Crippen LogP contribution in [0.3, 0.4) is 0 Å². The number of amides is 1. The molecular weight excluding hydrogens is 386 g/mol. The quantitative estimate of drug-likeness (QED) is 0.628. The van der Waals surface area contributed by atoms with E-state index in [1.165, 1.54) is 0 Å². The van der Waals surface area contributed by atoms with Gasteiger partial charge in [0, 0.05) is 49.7 Å². The first-order valence-corrected chi connectivity index (χ1v) is 10.1. The number of nitrogens with one attached hydrogen (secondary N) is 2. The maximum atomic E-state index is 13.2. The lowest BCUT2D eigenvalue weighted by Crippen LogP contribution is -2.64. The van der Waals surface area contributed by atoms with Gasteiger partial charge in [-0.2, -0.15) is 0 Å². The predicted molar refractivity (Wildman–Crippen MR) is 114 cm³/mol. The third-order valence-electron chi connectivity index (χ3n) is 5.35. The van der Waals surface area contributed by atoms with Gasteiger partial charge in [-0.15, -0.1) is 0 Å². The fourth-order valence-electron chi connectivity index (χ4n) is 3.74. The average Bonchev–Trinajstić information content (AvgIpc) is 3.20. The molecule has 0 saturated carbocycles. The van der Waals surface area contributed by atoms with Crippen LogP contribution in [-0.4, -0.2) is 40.5 Å². The van der Waals surface area contributed by atoms with Crippen LogP contribution in [-0.2, 0) is 17.6 Å². The molecule has 1 saturated heterocycles. The highest BCUT2D eigenvalue weighted by molar-refractivity contribution is 6.30. The summed E-state index contributed by atoms with van der Waals surface area (Å²) in [5.74, 6) is 1.85. The minimum atomic E-state index is -0.483. The standard InChI is InChI=1S/C22H24ClN5O/c1-16-2-7-20(27-13-16)28-14-22(15-28,12-17-3-5-18(23)6-4-17)21(29)26-9-8-19-24-10-11-25-19/h2-7,10-11,13H,8-9,12,14-15H2,1H3,(H,24,25)(H,26,29). The number of pyridine rings is 1. The molecule has 0 bridgehead atoms. The number of aromatic nitrogens is 3. The highest BCUT2D eigenvalue weighted by Crippen LogP contribution is 2.37. The van der Waals surface area contributed by atoms with E-state index in [9.17, 15) is 4.79 Å². The van der Waals surface area contributed by atoms with E-state index in [0.29, 0.717) is 37.5 Å². The Morgan fingerprint density at radius 3 is 2.66 bits per heavy atom. The number of anilines is 1. The molecule has 0 unspecified atom stereocenters. The van der Waals surface area contributed by atoms with Crippen LogP contribution in [0.15, 0.2) is 55.0 Å². The van der Waals surface area contributed by atoms with Crippen LogP contribution in [0.5, 0.6) is 0 Å². The number of carbonyl (C=O) groups is 1. The summed E-state index contributed by atoms with van der Waals surface area (Å²) < 4.78 is 0. The number of benzene rings is 1. The lowest BCUT2D eigenvalue weighted by molar-refractivity contribution is -0.132. The number of hydrogen-bond donors (Lipinski definition) is 2. The molecule has 2 N–H and O–H groups in total. The molecule has 7 heteroatoms. The summed E-state index contributed by atoms with van der Waals surface area (Å²) >= 11 is 6.02. The van der Waals surface area contributed by atoms with Crippen molar-refractivity contribution >= 4 is 23.3 Å². The van der Waals surface area contributed by atoms with Crippen LogP contribution in [0.25, 0.3) is 0 Å². The SMILES string of the molecule is Cc1ccc(N2CC(Cc3ccc(Cl)cc3)(C(=O)NCCc3ncc[nH]3)C2)nc1. The van der Waals surface area contributed by atoms with Gasteiger partial charge in [-0.25, -0.2) is 9.97 Å². The van der Waals surface area contributed by atoms with E-state index in [1.54, 1.807) is 12.4 Å². The van der Waals surface area contributed by atoms with Crippen molar-refractivity contribution in [3.05, 3.63) is 77.0 Å². The summed E-state index contributed by atoms with van der Waals surface area (Å²) in [6.45, 7) is 3.85. The van der Waals surface area contributed by atoms with Crippen LogP contribution in [0.4, 0.5) is 5.82 Å². The Kier molecular flexibility index (Phi) is 5.53. The highest BCUT2D eigenvalue weighted by Gasteiger charge is 2.49. The summed E-state index contributed by atoms with van der Waals surface area (Å²) in [6.07, 6.45) is 6.71. The first-order valence-electron chi connectivity index (χ1n) is 9.73. The normalized spacial score (nSPS) is 15.0. The van der Waals surface area contributed by atoms with Crippen molar-refractivity contribution in [1.82, 2.24) is 20.3 Å². The molecule has 0 atom stereocenters. The minimum absolute atomic E-state index is 0.0716. The number of carbonyl (C=O) groups excluding carboxylic acids is 1. The molecule has 0 radical (unpaired) electrons. The Morgan fingerprint density at radius 1 is 1.21 bits per heavy atom. The Hall–Kier alpha value is -2.86. The highest BCUT2D eigenvalue weighted by atomic mass is 35.5. The van der Waals surface area contributed by atoms with Crippen LogP contribution >= 0.6 is 11.6 Å². The molecule has 1 aliphatic rings. The maximum Gasteiger partial charge on any atom is 0.230 e. The number of imidazole rings is 1. The van der Waals surface area contributed by atoms with Gasteiger partial charge in [0.15, 0.2) is 0 Å². The van der Waals surface area contributed by atoms with Gasteiger partial charge in [0.05, 0.1) is 5.41 Å². The first-order chi connectivity index (χ1) is 14.0. The lowest BCUT2D eigenvalue weighted by atomic mass is 9.73. The minimum Gasteiger partial charge on any atom is -0.355 e. The van der Waals surface area contributed by atoms with Crippen molar-refractivity contribution in [2.75, 3.05) is 24.5 Å². The zero-order chi connectivity index (χ0) is 20.3. The molecule has 29 heavy (non-hydrogen) atoms. The monoisotopic (exact) mass is 409 g/mol. The van der Waals surface area contributed by atoms with E-state index in [0.717, 1.165) is 22.8 Å². The van der Waals surface area contributed by atoms with Crippen molar-refractivity contribution in [2.45, 2.75) is 19.8 Å². The van der Waals surface area contributed by atoms with Gasteiger partial charge in [-0.05, 0) is 42.7 Å². The third kappa shape index (κ3) is 4.43. The Morgan fingerprint density at radius 2 is 2.00 bits per heavy atom. The Bertz CT molecular complexity index is 948. The van der Waals surface area contributed by atoms with Gasteiger partial charge in [-0.1, -0.05) is 29.8 Å². The predicted octanol–water partition coefficient (Wildman–Crippen LogP) is 3.17. The van der Waals surface area contributed by atoms with Crippen molar-refractivity contribution in [3.63, 3.8) is 0 Å². The van der Waals surface area contributed by atoms with Crippen LogP contribution in [0.2, 0.25) is 5.02 Å². The molecule has 3 aromatic rings. The molecule has 6 nitrogen and oxygen atoms in total. The summed E-state index contributed by atoms with van der Waals surface area (Å²) in [7, 11) is 0. The largest absolute Gasteiger partial charge is 0.355 e. The zero-order valence-corrected chi connectivity index (χ0v) is 17.1. The molecule has 2 aromatic heterocycles. The van der Waals surface area contributed by atoms with Crippen LogP contribution in [0, 0.1) is 12.3 Å². The number of nitrogens with zero attached hydrogens (tertiary/aromatic N) is 3. The van der Waals surface area contributed by atoms with Crippen molar-refractivity contribution in [2.24, 2.45) is 5.41 Å².